The molecule has 2 rings (SSSR count). The lowest BCUT2D eigenvalue weighted by Gasteiger charge is -1.97. The van der Waals surface area contributed by atoms with Gasteiger partial charge in [0.15, 0.2) is 5.11 Å². The quantitative estimate of drug-likeness (QED) is 0.469. The van der Waals surface area contributed by atoms with Crippen LogP contribution in [-0.4, -0.2) is 11.3 Å². The van der Waals surface area contributed by atoms with Crippen LogP contribution in [0.5, 0.6) is 0 Å². The highest BCUT2D eigenvalue weighted by atomic mass is 32.1. The second-order valence-corrected chi connectivity index (χ2v) is 3.69. The van der Waals surface area contributed by atoms with E-state index in [0.29, 0.717) is 16.5 Å². The Morgan fingerprint density at radius 2 is 2.24 bits per heavy atom. The molecule has 0 aliphatic rings. The maximum atomic E-state index is 12.0. The fourth-order valence-corrected chi connectivity index (χ4v) is 1.40. The highest BCUT2D eigenvalue weighted by Gasteiger charge is 2.03. The zero-order valence-electron chi connectivity index (χ0n) is 8.71. The van der Waals surface area contributed by atoms with Gasteiger partial charge in [-0.25, -0.2) is 0 Å². The zero-order chi connectivity index (χ0) is 12.3. The summed E-state index contributed by atoms with van der Waals surface area (Å²) in [7, 11) is 0. The number of nitrogens with two attached hydrogens (primary N) is 1. The number of rotatable bonds is 2. The molecular formula is C11H9N3O2S. The summed E-state index contributed by atoms with van der Waals surface area (Å²) in [6.45, 7) is 0. The van der Waals surface area contributed by atoms with Crippen LogP contribution in [0.3, 0.4) is 0 Å². The van der Waals surface area contributed by atoms with Crippen molar-refractivity contribution >= 4 is 34.5 Å². The summed E-state index contributed by atoms with van der Waals surface area (Å²) in [5.41, 5.74) is 8.27. The van der Waals surface area contributed by atoms with E-state index in [4.69, 9.17) is 10.2 Å². The second-order valence-electron chi connectivity index (χ2n) is 3.25. The van der Waals surface area contributed by atoms with Gasteiger partial charge in [0.1, 0.15) is 11.8 Å². The highest BCUT2D eigenvalue weighted by Crippen LogP contribution is 2.09. The summed E-state index contributed by atoms with van der Waals surface area (Å²) in [6.07, 6.45) is 2.66. The predicted molar refractivity (Wildman–Crippen MR) is 70.0 cm³/mol. The lowest BCUT2D eigenvalue weighted by molar-refractivity contribution is 0.601. The lowest BCUT2D eigenvalue weighted by Crippen LogP contribution is -2.24. The summed E-state index contributed by atoms with van der Waals surface area (Å²) < 4.78 is 5.30. The average Bonchev–Trinajstić information content (AvgIpc) is 2.32. The standard InChI is InChI=1S/C11H9N3O2S/c12-11(17)14-13-5-7-6-16-9-4-2-1-3-8(9)10(7)15/h1-6H,(H3,12,14,17)/b13-5-. The van der Waals surface area contributed by atoms with Gasteiger partial charge >= 0.3 is 0 Å². The number of nitrogens with zero attached hydrogens (tertiary/aromatic N) is 1. The molecule has 3 N–H and O–H groups in total. The van der Waals surface area contributed by atoms with Gasteiger partial charge in [-0.05, 0) is 24.4 Å². The Morgan fingerprint density at radius 3 is 3.00 bits per heavy atom. The summed E-state index contributed by atoms with van der Waals surface area (Å²) >= 11 is 4.57. The number of nitrogens with one attached hydrogen (secondary N) is 1. The average molecular weight is 247 g/mol. The Morgan fingerprint density at radius 1 is 1.47 bits per heavy atom. The van der Waals surface area contributed by atoms with Crippen molar-refractivity contribution in [1.29, 1.82) is 0 Å². The van der Waals surface area contributed by atoms with Crippen molar-refractivity contribution < 1.29 is 4.42 Å². The zero-order valence-corrected chi connectivity index (χ0v) is 9.53. The molecule has 2 aromatic rings. The van der Waals surface area contributed by atoms with E-state index < -0.39 is 0 Å². The Hall–Kier alpha value is -2.21. The first-order valence-corrected chi connectivity index (χ1v) is 5.18. The minimum atomic E-state index is -0.152. The van der Waals surface area contributed by atoms with Gasteiger partial charge in [-0.15, -0.1) is 0 Å². The third-order valence-corrected chi connectivity index (χ3v) is 2.18. The molecule has 0 unspecified atom stereocenters. The fourth-order valence-electron chi connectivity index (χ4n) is 1.35. The molecule has 0 fully saturated rings. The van der Waals surface area contributed by atoms with E-state index in [9.17, 15) is 4.79 Å². The SMILES string of the molecule is NC(=S)N/N=C\c1coc2ccccc2c1=O. The first-order valence-electron chi connectivity index (χ1n) is 4.77. The van der Waals surface area contributed by atoms with Crippen molar-refractivity contribution in [2.24, 2.45) is 10.8 Å². The van der Waals surface area contributed by atoms with Gasteiger partial charge in [-0.1, -0.05) is 12.1 Å². The Labute approximate surface area is 102 Å². The molecule has 0 aliphatic heterocycles. The van der Waals surface area contributed by atoms with Gasteiger partial charge in [0.2, 0.25) is 5.43 Å². The molecule has 86 valence electrons. The van der Waals surface area contributed by atoms with E-state index in [1.807, 2.05) is 0 Å². The van der Waals surface area contributed by atoms with Crippen LogP contribution in [0.15, 0.2) is 44.8 Å². The molecule has 0 amide bonds. The van der Waals surface area contributed by atoms with Crippen LogP contribution in [0.4, 0.5) is 0 Å². The van der Waals surface area contributed by atoms with Gasteiger partial charge in [-0.3, -0.25) is 10.2 Å². The third-order valence-electron chi connectivity index (χ3n) is 2.09. The van der Waals surface area contributed by atoms with Crippen molar-refractivity contribution in [1.82, 2.24) is 5.43 Å². The number of benzene rings is 1. The number of thiocarbonyl (C=S) groups is 1. The summed E-state index contributed by atoms with van der Waals surface area (Å²) in [6, 6.07) is 6.99. The van der Waals surface area contributed by atoms with Gasteiger partial charge in [-0.2, -0.15) is 5.10 Å². The summed E-state index contributed by atoms with van der Waals surface area (Å²) in [4.78, 5) is 12.0. The first kappa shape index (κ1) is 11.3. The minimum absolute atomic E-state index is 0.0337. The molecule has 17 heavy (non-hydrogen) atoms. The smallest absolute Gasteiger partial charge is 0.201 e. The van der Waals surface area contributed by atoms with Crippen molar-refractivity contribution in [2.75, 3.05) is 0 Å². The largest absolute Gasteiger partial charge is 0.463 e. The molecule has 1 aromatic carbocycles. The Kier molecular flexibility index (Phi) is 3.15. The van der Waals surface area contributed by atoms with Gasteiger partial charge in [0.25, 0.3) is 0 Å². The predicted octanol–water partition coefficient (Wildman–Crippen LogP) is 0.960. The van der Waals surface area contributed by atoms with E-state index in [-0.39, 0.29) is 10.5 Å². The maximum Gasteiger partial charge on any atom is 0.201 e. The third kappa shape index (κ3) is 2.48. The number of hydrazone groups is 1. The summed E-state index contributed by atoms with van der Waals surface area (Å²) in [5.74, 6) is 0. The number of hydrogen-bond acceptors (Lipinski definition) is 4. The molecule has 0 saturated heterocycles. The molecule has 1 heterocycles. The lowest BCUT2D eigenvalue weighted by atomic mass is 10.2. The molecule has 0 bridgehead atoms. The number of hydrogen-bond donors (Lipinski definition) is 2. The van der Waals surface area contributed by atoms with E-state index in [2.05, 4.69) is 22.7 Å². The van der Waals surface area contributed by atoms with Crippen molar-refractivity contribution in [2.45, 2.75) is 0 Å². The molecule has 0 spiro atoms. The Balaban J connectivity index is 2.43. The normalized spacial score (nSPS) is 10.8. The van der Waals surface area contributed by atoms with E-state index in [1.165, 1.54) is 12.5 Å². The number of fused-ring (bicyclic) bond motifs is 1. The first-order chi connectivity index (χ1) is 8.18. The van der Waals surface area contributed by atoms with Crippen LogP contribution < -0.4 is 16.6 Å². The van der Waals surface area contributed by atoms with Gasteiger partial charge in [0.05, 0.1) is 17.2 Å². The Bertz CT molecular complexity index is 648. The molecule has 0 saturated carbocycles. The van der Waals surface area contributed by atoms with Crippen LogP contribution in [0.2, 0.25) is 0 Å². The minimum Gasteiger partial charge on any atom is -0.463 e. The van der Waals surface area contributed by atoms with Crippen LogP contribution in [0.25, 0.3) is 11.0 Å². The van der Waals surface area contributed by atoms with E-state index in [0.717, 1.165) is 0 Å². The maximum absolute atomic E-state index is 12.0. The molecular weight excluding hydrogens is 238 g/mol. The van der Waals surface area contributed by atoms with E-state index >= 15 is 0 Å². The van der Waals surface area contributed by atoms with Crippen LogP contribution in [-0.2, 0) is 0 Å². The highest BCUT2D eigenvalue weighted by molar-refractivity contribution is 7.80. The topological polar surface area (TPSA) is 80.6 Å². The van der Waals surface area contributed by atoms with E-state index in [1.54, 1.807) is 24.3 Å². The van der Waals surface area contributed by atoms with Crippen molar-refractivity contribution in [3.8, 4) is 0 Å². The van der Waals surface area contributed by atoms with Crippen LogP contribution in [0.1, 0.15) is 5.56 Å². The summed E-state index contributed by atoms with van der Waals surface area (Å²) in [5, 5.41) is 4.25. The van der Waals surface area contributed by atoms with Crippen molar-refractivity contribution in [3.05, 3.63) is 46.3 Å². The molecule has 0 radical (unpaired) electrons. The molecule has 0 aliphatic carbocycles. The molecule has 5 nitrogen and oxygen atoms in total. The van der Waals surface area contributed by atoms with Crippen LogP contribution in [0, 0.1) is 0 Å². The molecule has 6 heteroatoms. The van der Waals surface area contributed by atoms with Gasteiger partial charge in [0, 0.05) is 0 Å². The second kappa shape index (κ2) is 4.75. The van der Waals surface area contributed by atoms with Crippen molar-refractivity contribution in [3.63, 3.8) is 0 Å². The molecule has 0 atom stereocenters. The van der Waals surface area contributed by atoms with Crippen LogP contribution >= 0.6 is 12.2 Å². The number of para-hydroxylation sites is 1. The monoisotopic (exact) mass is 247 g/mol. The van der Waals surface area contributed by atoms with Gasteiger partial charge < -0.3 is 10.2 Å². The fraction of sp³-hybridized carbons (Fsp3) is 0. The molecule has 1 aromatic heterocycles.